The zero-order valence-corrected chi connectivity index (χ0v) is 13.4. The summed E-state index contributed by atoms with van der Waals surface area (Å²) in [5.74, 6) is -0.0449. The number of fused-ring (bicyclic) bond motifs is 1. The lowest BCUT2D eigenvalue weighted by atomic mass is 10.1. The summed E-state index contributed by atoms with van der Waals surface area (Å²) in [6.45, 7) is 0. The summed E-state index contributed by atoms with van der Waals surface area (Å²) in [7, 11) is 0. The van der Waals surface area contributed by atoms with E-state index in [1.807, 2.05) is 54.6 Å². The summed E-state index contributed by atoms with van der Waals surface area (Å²) in [6, 6.07) is 17.3. The number of nitrogens with zero attached hydrogens (tertiary/aromatic N) is 4. The summed E-state index contributed by atoms with van der Waals surface area (Å²) in [6.07, 6.45) is 1.92. The van der Waals surface area contributed by atoms with Crippen LogP contribution in [0.4, 0.5) is 5.69 Å². The second-order valence-electron chi connectivity index (χ2n) is 5.26. The van der Waals surface area contributed by atoms with Crippen molar-refractivity contribution in [1.29, 1.82) is 0 Å². The van der Waals surface area contributed by atoms with Crippen LogP contribution in [0, 0.1) is 0 Å². The number of rotatable bonds is 4. The highest BCUT2D eigenvalue weighted by Crippen LogP contribution is 2.26. The monoisotopic (exact) mass is 335 g/mol. The molecule has 0 aliphatic heterocycles. The van der Waals surface area contributed by atoms with Crippen LogP contribution < -0.4 is 5.32 Å². The van der Waals surface area contributed by atoms with Crippen LogP contribution in [0.3, 0.4) is 0 Å². The van der Waals surface area contributed by atoms with Gasteiger partial charge in [-0.3, -0.25) is 4.79 Å². The third-order valence-corrected chi connectivity index (χ3v) is 4.45. The van der Waals surface area contributed by atoms with Crippen LogP contribution >= 0.6 is 11.3 Å². The molecule has 0 radical (unpaired) electrons. The van der Waals surface area contributed by atoms with Gasteiger partial charge in [0.15, 0.2) is 0 Å². The molecule has 0 fully saturated rings. The quantitative estimate of drug-likeness (QED) is 0.622. The highest BCUT2D eigenvalue weighted by Gasteiger charge is 2.09. The largest absolute Gasteiger partial charge is 0.326 e. The second-order valence-corrected chi connectivity index (χ2v) is 6.21. The molecule has 0 unspecified atom stereocenters. The number of hydrogen-bond acceptors (Lipinski definition) is 5. The molecule has 0 spiro atoms. The van der Waals surface area contributed by atoms with Crippen molar-refractivity contribution in [3.63, 3.8) is 0 Å². The molecule has 0 aliphatic rings. The zero-order valence-electron chi connectivity index (χ0n) is 12.6. The van der Waals surface area contributed by atoms with Crippen molar-refractivity contribution in [3.8, 4) is 10.6 Å². The first-order valence-electron chi connectivity index (χ1n) is 7.39. The third kappa shape index (κ3) is 3.02. The SMILES string of the molecule is O=C(Cc1ccccc1)Nc1cccc(-c2nn3cnnc3s2)c1. The van der Waals surface area contributed by atoms with E-state index in [1.54, 1.807) is 10.8 Å². The number of benzene rings is 2. The van der Waals surface area contributed by atoms with Gasteiger partial charge in [0.2, 0.25) is 10.9 Å². The van der Waals surface area contributed by atoms with Gasteiger partial charge in [-0.1, -0.05) is 53.8 Å². The molecule has 0 bridgehead atoms. The minimum Gasteiger partial charge on any atom is -0.326 e. The van der Waals surface area contributed by atoms with Crippen LogP contribution in [0.5, 0.6) is 0 Å². The molecule has 0 saturated heterocycles. The van der Waals surface area contributed by atoms with Gasteiger partial charge in [-0.25, -0.2) is 0 Å². The molecule has 1 amide bonds. The van der Waals surface area contributed by atoms with Crippen molar-refractivity contribution in [1.82, 2.24) is 19.8 Å². The maximum atomic E-state index is 12.2. The third-order valence-electron chi connectivity index (χ3n) is 3.49. The predicted octanol–water partition coefficient (Wildman–Crippen LogP) is 3.03. The zero-order chi connectivity index (χ0) is 16.4. The highest BCUT2D eigenvalue weighted by molar-refractivity contribution is 7.19. The number of hydrogen-bond donors (Lipinski definition) is 1. The molecule has 118 valence electrons. The summed E-state index contributed by atoms with van der Waals surface area (Å²) >= 11 is 1.45. The van der Waals surface area contributed by atoms with E-state index in [0.29, 0.717) is 6.42 Å². The first-order valence-corrected chi connectivity index (χ1v) is 8.21. The fourth-order valence-electron chi connectivity index (χ4n) is 2.39. The number of amides is 1. The number of carbonyl (C=O) groups is 1. The van der Waals surface area contributed by atoms with Crippen molar-refractivity contribution in [2.75, 3.05) is 5.32 Å². The van der Waals surface area contributed by atoms with Gasteiger partial charge in [0, 0.05) is 11.3 Å². The lowest BCUT2D eigenvalue weighted by molar-refractivity contribution is -0.115. The molecular formula is C17H13N5OS. The van der Waals surface area contributed by atoms with Crippen molar-refractivity contribution in [2.45, 2.75) is 6.42 Å². The predicted molar refractivity (Wildman–Crippen MR) is 92.9 cm³/mol. The van der Waals surface area contributed by atoms with E-state index in [4.69, 9.17) is 0 Å². The Balaban J connectivity index is 1.52. The minimum atomic E-state index is -0.0449. The molecule has 1 N–H and O–H groups in total. The molecule has 2 aromatic heterocycles. The number of anilines is 1. The smallest absolute Gasteiger partial charge is 0.234 e. The topological polar surface area (TPSA) is 72.2 Å². The van der Waals surface area contributed by atoms with Crippen LogP contribution in [-0.4, -0.2) is 25.7 Å². The average Bonchev–Trinajstić information content (AvgIpc) is 3.17. The van der Waals surface area contributed by atoms with E-state index < -0.39 is 0 Å². The Hall–Kier alpha value is -3.06. The Morgan fingerprint density at radius 3 is 2.83 bits per heavy atom. The summed E-state index contributed by atoms with van der Waals surface area (Å²) in [4.78, 5) is 12.9. The molecule has 0 saturated carbocycles. The van der Waals surface area contributed by atoms with Gasteiger partial charge < -0.3 is 5.32 Å². The molecule has 6 nitrogen and oxygen atoms in total. The van der Waals surface area contributed by atoms with Gasteiger partial charge in [-0.2, -0.15) is 9.61 Å². The standard InChI is InChI=1S/C17H13N5OS/c23-15(9-12-5-2-1-3-6-12)19-14-8-4-7-13(10-14)16-21-22-11-18-20-17(22)24-16/h1-8,10-11H,9H2,(H,19,23). The van der Waals surface area contributed by atoms with Crippen molar-refractivity contribution in [2.24, 2.45) is 0 Å². The minimum absolute atomic E-state index is 0.0449. The number of aromatic nitrogens is 4. The van der Waals surface area contributed by atoms with E-state index >= 15 is 0 Å². The van der Waals surface area contributed by atoms with Crippen LogP contribution in [0.25, 0.3) is 15.5 Å². The van der Waals surface area contributed by atoms with Gasteiger partial charge in [-0.15, -0.1) is 10.2 Å². The molecule has 2 aromatic carbocycles. The molecule has 4 rings (SSSR count). The van der Waals surface area contributed by atoms with Crippen LogP contribution in [0.15, 0.2) is 60.9 Å². The fourth-order valence-corrected chi connectivity index (χ4v) is 3.21. The van der Waals surface area contributed by atoms with Gasteiger partial charge in [0.05, 0.1) is 6.42 Å². The number of nitrogens with one attached hydrogen (secondary N) is 1. The van der Waals surface area contributed by atoms with Gasteiger partial charge in [0.1, 0.15) is 11.3 Å². The Bertz CT molecular complexity index is 964. The molecule has 4 aromatic rings. The van der Waals surface area contributed by atoms with E-state index in [9.17, 15) is 4.79 Å². The van der Waals surface area contributed by atoms with Crippen LogP contribution in [0.1, 0.15) is 5.56 Å². The summed E-state index contributed by atoms with van der Waals surface area (Å²) in [5.41, 5.74) is 2.67. The number of carbonyl (C=O) groups excluding carboxylic acids is 1. The van der Waals surface area contributed by atoms with Gasteiger partial charge in [-0.05, 0) is 17.7 Å². The van der Waals surface area contributed by atoms with Crippen molar-refractivity contribution < 1.29 is 4.79 Å². The Morgan fingerprint density at radius 2 is 2.00 bits per heavy atom. The first kappa shape index (κ1) is 14.5. The van der Waals surface area contributed by atoms with E-state index in [2.05, 4.69) is 20.6 Å². The van der Waals surface area contributed by atoms with Crippen molar-refractivity contribution >= 4 is 27.9 Å². The highest BCUT2D eigenvalue weighted by atomic mass is 32.1. The first-order chi connectivity index (χ1) is 11.8. The maximum Gasteiger partial charge on any atom is 0.234 e. The summed E-state index contributed by atoms with van der Waals surface area (Å²) in [5, 5.41) is 16.0. The molecule has 0 atom stereocenters. The average molecular weight is 335 g/mol. The molecule has 2 heterocycles. The van der Waals surface area contributed by atoms with E-state index in [0.717, 1.165) is 26.8 Å². The van der Waals surface area contributed by atoms with Crippen LogP contribution in [-0.2, 0) is 11.2 Å². The fraction of sp³-hybridized carbons (Fsp3) is 0.0588. The molecule has 0 aliphatic carbocycles. The Morgan fingerprint density at radius 1 is 1.12 bits per heavy atom. The maximum absolute atomic E-state index is 12.2. The Labute approximate surface area is 141 Å². The lowest BCUT2D eigenvalue weighted by Gasteiger charge is -2.06. The summed E-state index contributed by atoms with van der Waals surface area (Å²) < 4.78 is 1.64. The van der Waals surface area contributed by atoms with E-state index in [1.165, 1.54) is 11.3 Å². The molecular weight excluding hydrogens is 322 g/mol. The van der Waals surface area contributed by atoms with Crippen LogP contribution in [0.2, 0.25) is 0 Å². The normalized spacial score (nSPS) is 10.8. The van der Waals surface area contributed by atoms with Gasteiger partial charge >= 0.3 is 0 Å². The van der Waals surface area contributed by atoms with Gasteiger partial charge in [0.25, 0.3) is 0 Å². The molecule has 24 heavy (non-hydrogen) atoms. The second kappa shape index (κ2) is 6.21. The Kier molecular flexibility index (Phi) is 3.76. The molecule has 7 heteroatoms. The lowest BCUT2D eigenvalue weighted by Crippen LogP contribution is -2.14. The van der Waals surface area contributed by atoms with Crippen molar-refractivity contribution in [3.05, 3.63) is 66.5 Å². The van der Waals surface area contributed by atoms with E-state index in [-0.39, 0.29) is 5.91 Å².